The summed E-state index contributed by atoms with van der Waals surface area (Å²) in [5.74, 6) is -8.24. The first kappa shape index (κ1) is 38.1. The van der Waals surface area contributed by atoms with E-state index in [4.69, 9.17) is 5.11 Å². The van der Waals surface area contributed by atoms with Crippen LogP contribution in [0.2, 0.25) is 0 Å². The number of hydrogen-bond acceptors (Lipinski definition) is 10. The van der Waals surface area contributed by atoms with Crippen LogP contribution in [0, 0.1) is 11.8 Å². The summed E-state index contributed by atoms with van der Waals surface area (Å²) in [5.41, 5.74) is 0. The second-order valence-electron chi connectivity index (χ2n) is 9.39. The lowest BCUT2D eigenvalue weighted by Gasteiger charge is -2.15. The van der Waals surface area contributed by atoms with Crippen molar-refractivity contribution in [3.05, 3.63) is 0 Å². The fraction of sp³-hybridized carbons (Fsp3) is 0.600. The Morgan fingerprint density at radius 1 is 0.605 bits per heavy atom. The fourth-order valence-corrected chi connectivity index (χ4v) is 2.97. The standard InChI is InChI=1S/C25H39N7O11/c1-14(2)17(33)9-27-20(36)11-29-22(38)13-31-23(39)12-30-21(37)10-28-18(34)7-5-16(25(42)43)32-19(35)6-4-15(8-26-3)24(40)41/h8,14-16H,4-7,9-13H2,1-3H3,(H,27,36)(H,28,34)(H,29,38)(H,30,37)(H,31,39)(H,32,35)(H,40,41)(H,42,43)/b26-8+/t15-,16+/m1/s1. The molecule has 2 atom stereocenters. The fourth-order valence-electron chi connectivity index (χ4n) is 2.97. The molecule has 0 rings (SSSR count). The Hall–Kier alpha value is -4.90. The monoisotopic (exact) mass is 613 g/mol. The highest BCUT2D eigenvalue weighted by atomic mass is 16.4. The number of carboxylic acids is 2. The van der Waals surface area contributed by atoms with Crippen LogP contribution in [0.1, 0.15) is 39.5 Å². The normalized spacial score (nSPS) is 12.0. The second kappa shape index (κ2) is 20.9. The van der Waals surface area contributed by atoms with Gasteiger partial charge in [0.25, 0.3) is 0 Å². The molecular weight excluding hydrogens is 574 g/mol. The van der Waals surface area contributed by atoms with E-state index in [9.17, 15) is 48.3 Å². The van der Waals surface area contributed by atoms with Gasteiger partial charge in [0, 0.05) is 32.0 Å². The highest BCUT2D eigenvalue weighted by Gasteiger charge is 2.23. The van der Waals surface area contributed by atoms with Crippen LogP contribution >= 0.6 is 0 Å². The van der Waals surface area contributed by atoms with E-state index in [-0.39, 0.29) is 43.9 Å². The van der Waals surface area contributed by atoms with Crippen LogP contribution in [0.25, 0.3) is 0 Å². The first-order valence-corrected chi connectivity index (χ1v) is 13.2. The average molecular weight is 614 g/mol. The number of ketones is 1. The van der Waals surface area contributed by atoms with E-state index in [1.807, 2.05) is 0 Å². The van der Waals surface area contributed by atoms with Crippen molar-refractivity contribution in [3.8, 4) is 0 Å². The summed E-state index contributed by atoms with van der Waals surface area (Å²) in [7, 11) is 1.37. The Kier molecular flexibility index (Phi) is 18.5. The lowest BCUT2D eigenvalue weighted by Crippen LogP contribution is -2.46. The van der Waals surface area contributed by atoms with Gasteiger partial charge in [-0.3, -0.25) is 43.3 Å². The smallest absolute Gasteiger partial charge is 0.326 e. The van der Waals surface area contributed by atoms with Gasteiger partial charge < -0.3 is 42.1 Å². The van der Waals surface area contributed by atoms with E-state index < -0.39 is 85.5 Å². The van der Waals surface area contributed by atoms with Gasteiger partial charge in [-0.15, -0.1) is 0 Å². The van der Waals surface area contributed by atoms with Gasteiger partial charge in [-0.25, -0.2) is 4.79 Å². The lowest BCUT2D eigenvalue weighted by molar-refractivity contribution is -0.143. The molecule has 0 radical (unpaired) electrons. The van der Waals surface area contributed by atoms with Gasteiger partial charge in [0.1, 0.15) is 6.04 Å². The number of hydrogen-bond donors (Lipinski definition) is 8. The summed E-state index contributed by atoms with van der Waals surface area (Å²) in [5, 5.41) is 31.8. The van der Waals surface area contributed by atoms with Crippen LogP contribution < -0.4 is 31.9 Å². The minimum atomic E-state index is -1.43. The van der Waals surface area contributed by atoms with E-state index in [1.54, 1.807) is 13.8 Å². The van der Waals surface area contributed by atoms with Crippen LogP contribution in [0.3, 0.4) is 0 Å². The minimum Gasteiger partial charge on any atom is -0.481 e. The number of nitrogens with zero attached hydrogens (tertiary/aromatic N) is 1. The molecule has 0 aromatic carbocycles. The second-order valence-corrected chi connectivity index (χ2v) is 9.39. The first-order chi connectivity index (χ1) is 20.2. The van der Waals surface area contributed by atoms with E-state index in [0.717, 1.165) is 6.21 Å². The summed E-state index contributed by atoms with van der Waals surface area (Å²) < 4.78 is 0. The molecule has 0 aromatic heterocycles. The quantitative estimate of drug-likeness (QED) is 0.0584. The summed E-state index contributed by atoms with van der Waals surface area (Å²) in [6, 6.07) is -1.43. The zero-order valence-electron chi connectivity index (χ0n) is 24.2. The molecule has 0 aliphatic rings. The van der Waals surface area contributed by atoms with E-state index in [2.05, 4.69) is 36.9 Å². The number of amides is 6. The summed E-state index contributed by atoms with van der Waals surface area (Å²) >= 11 is 0. The van der Waals surface area contributed by atoms with Gasteiger partial charge in [-0.05, 0) is 12.8 Å². The van der Waals surface area contributed by atoms with E-state index >= 15 is 0 Å². The number of Topliss-reactive ketones (excluding diaryl/α,β-unsaturated/α-hetero) is 1. The Morgan fingerprint density at radius 2 is 1.02 bits per heavy atom. The van der Waals surface area contributed by atoms with E-state index in [1.165, 1.54) is 7.05 Å². The van der Waals surface area contributed by atoms with Crippen molar-refractivity contribution in [2.75, 3.05) is 39.8 Å². The predicted octanol–water partition coefficient (Wildman–Crippen LogP) is -3.68. The summed E-state index contributed by atoms with van der Waals surface area (Å²) in [6.45, 7) is 1.23. The molecule has 0 aromatic rings. The number of carbonyl (C=O) groups excluding carboxylic acids is 7. The van der Waals surface area contributed by atoms with Crippen LogP contribution in [-0.2, 0) is 43.2 Å². The zero-order chi connectivity index (χ0) is 32.9. The molecule has 0 aliphatic heterocycles. The van der Waals surface area contributed by atoms with Crippen LogP contribution in [0.15, 0.2) is 4.99 Å². The van der Waals surface area contributed by atoms with Gasteiger partial charge in [-0.2, -0.15) is 0 Å². The Balaban J connectivity index is 4.27. The van der Waals surface area contributed by atoms with Gasteiger partial charge in [0.05, 0.1) is 38.6 Å². The Labute approximate surface area is 247 Å². The third-order valence-corrected chi connectivity index (χ3v) is 5.51. The molecule has 0 spiro atoms. The van der Waals surface area contributed by atoms with Crippen molar-refractivity contribution in [2.24, 2.45) is 16.8 Å². The average Bonchev–Trinajstić information content (AvgIpc) is 2.95. The molecule has 18 nitrogen and oxygen atoms in total. The molecule has 0 saturated carbocycles. The van der Waals surface area contributed by atoms with Crippen LogP contribution in [-0.4, -0.2) is 115 Å². The Bertz CT molecular complexity index is 1080. The molecule has 0 unspecified atom stereocenters. The maximum absolute atomic E-state index is 12.0. The molecule has 8 N–H and O–H groups in total. The minimum absolute atomic E-state index is 0.104. The molecule has 0 aliphatic carbocycles. The molecule has 0 fully saturated rings. The number of aliphatic carboxylic acids is 2. The Morgan fingerprint density at radius 3 is 1.42 bits per heavy atom. The van der Waals surface area contributed by atoms with Gasteiger partial charge >= 0.3 is 11.9 Å². The van der Waals surface area contributed by atoms with Crippen LogP contribution in [0.4, 0.5) is 0 Å². The maximum Gasteiger partial charge on any atom is 0.326 e. The summed E-state index contributed by atoms with van der Waals surface area (Å²) in [4.78, 5) is 109. The number of aliphatic imine (C=N–C) groups is 1. The molecule has 18 heteroatoms. The number of nitrogens with one attached hydrogen (secondary N) is 6. The van der Waals surface area contributed by atoms with Crippen molar-refractivity contribution in [3.63, 3.8) is 0 Å². The molecule has 0 saturated heterocycles. The number of carbonyl (C=O) groups is 9. The van der Waals surface area contributed by atoms with Crippen LogP contribution in [0.5, 0.6) is 0 Å². The number of rotatable bonds is 21. The third-order valence-electron chi connectivity index (χ3n) is 5.51. The predicted molar refractivity (Wildman–Crippen MR) is 148 cm³/mol. The zero-order valence-corrected chi connectivity index (χ0v) is 24.2. The maximum atomic E-state index is 12.0. The highest BCUT2D eigenvalue weighted by molar-refractivity contribution is 5.92. The van der Waals surface area contributed by atoms with Crippen molar-refractivity contribution in [1.82, 2.24) is 31.9 Å². The summed E-state index contributed by atoms with van der Waals surface area (Å²) in [6.07, 6.45) is 0.0910. The van der Waals surface area contributed by atoms with Gasteiger partial charge in [0.15, 0.2) is 5.78 Å². The highest BCUT2D eigenvalue weighted by Crippen LogP contribution is 2.06. The lowest BCUT2D eigenvalue weighted by atomic mass is 10.0. The topological polar surface area (TPSA) is 279 Å². The third kappa shape index (κ3) is 19.0. The molecule has 6 amide bonds. The molecule has 0 heterocycles. The first-order valence-electron chi connectivity index (χ1n) is 13.2. The van der Waals surface area contributed by atoms with Gasteiger partial charge in [-0.1, -0.05) is 13.8 Å². The largest absolute Gasteiger partial charge is 0.481 e. The van der Waals surface area contributed by atoms with Crippen molar-refractivity contribution in [2.45, 2.75) is 45.6 Å². The SMILES string of the molecule is C/N=C/[C@@H](CCC(=O)N[C@@H](CCC(=O)NCC(=O)NCC(=O)NCC(=O)NCC(=O)NCC(=O)C(C)C)C(=O)O)C(=O)O. The molecular formula is C25H39N7O11. The molecule has 0 bridgehead atoms. The number of carboxylic acid groups (broad SMARTS) is 2. The van der Waals surface area contributed by atoms with E-state index in [0.29, 0.717) is 0 Å². The van der Waals surface area contributed by atoms with Gasteiger partial charge in [0.2, 0.25) is 35.4 Å². The molecule has 240 valence electrons. The van der Waals surface area contributed by atoms with Crippen molar-refractivity contribution < 1.29 is 53.4 Å². The van der Waals surface area contributed by atoms with Crippen molar-refractivity contribution >= 4 is 59.4 Å². The van der Waals surface area contributed by atoms with Crippen molar-refractivity contribution in [1.29, 1.82) is 0 Å². The molecule has 43 heavy (non-hydrogen) atoms.